The van der Waals surface area contributed by atoms with Crippen LogP contribution in [-0.4, -0.2) is 57.8 Å². The fourth-order valence-electron chi connectivity index (χ4n) is 1.95. The zero-order valence-corrected chi connectivity index (χ0v) is 17.9. The van der Waals surface area contributed by atoms with Gasteiger partial charge < -0.3 is 25.0 Å². The number of hydrogen-bond donors (Lipinski definition) is 2. The maximum Gasteiger partial charge on any atom is 0.195 e. The van der Waals surface area contributed by atoms with Gasteiger partial charge in [-0.1, -0.05) is 0 Å². The highest BCUT2D eigenvalue weighted by molar-refractivity contribution is 14.0. The van der Waals surface area contributed by atoms with Crippen LogP contribution in [0.1, 0.15) is 20.8 Å². The molecule has 0 unspecified atom stereocenters. The van der Waals surface area contributed by atoms with E-state index < -0.39 is 0 Å². The molecule has 2 N–H and O–H groups in total. The van der Waals surface area contributed by atoms with E-state index in [0.29, 0.717) is 12.6 Å². The van der Waals surface area contributed by atoms with Crippen LogP contribution in [0.15, 0.2) is 23.2 Å². The molecule has 0 spiro atoms. The summed E-state index contributed by atoms with van der Waals surface area (Å²) in [6.07, 6.45) is 0. The lowest BCUT2D eigenvalue weighted by Crippen LogP contribution is -2.38. The Morgan fingerprint density at radius 3 is 2.54 bits per heavy atom. The molecule has 138 valence electrons. The van der Waals surface area contributed by atoms with Gasteiger partial charge in [-0.15, -0.1) is 24.0 Å². The number of nitrogens with one attached hydrogen (secondary N) is 2. The first-order chi connectivity index (χ1) is 11.0. The standard InChI is InChI=1S/C17H30N4O2.HI/c1-7-23-16-12-14(8-9-15(16)22-6)20-17(18-4)19-10-11-21(5)13(2)3;/h8-9,12-13H,7,10-11H2,1-6H3,(H2,18,19,20);1H. The zero-order chi connectivity index (χ0) is 17.2. The van der Waals surface area contributed by atoms with Crippen molar-refractivity contribution in [3.8, 4) is 11.5 Å². The van der Waals surface area contributed by atoms with Gasteiger partial charge in [0.2, 0.25) is 0 Å². The Kier molecular flexibility index (Phi) is 11.6. The van der Waals surface area contributed by atoms with Gasteiger partial charge in [-0.05, 0) is 40.0 Å². The summed E-state index contributed by atoms with van der Waals surface area (Å²) in [5.74, 6) is 2.17. The normalized spacial score (nSPS) is 11.2. The number of aliphatic imine (C=N–C) groups is 1. The molecule has 0 bridgehead atoms. The quantitative estimate of drug-likeness (QED) is 0.362. The Hall–Kier alpha value is -1.22. The molecule has 0 heterocycles. The van der Waals surface area contributed by atoms with E-state index in [1.165, 1.54) is 0 Å². The zero-order valence-electron chi connectivity index (χ0n) is 15.5. The van der Waals surface area contributed by atoms with Gasteiger partial charge in [0, 0.05) is 37.9 Å². The third kappa shape index (κ3) is 7.57. The van der Waals surface area contributed by atoms with Gasteiger partial charge in [-0.2, -0.15) is 0 Å². The third-order valence-corrected chi connectivity index (χ3v) is 3.59. The van der Waals surface area contributed by atoms with Crippen LogP contribution in [0.4, 0.5) is 5.69 Å². The number of rotatable bonds is 8. The number of nitrogens with zero attached hydrogens (tertiary/aromatic N) is 2. The minimum Gasteiger partial charge on any atom is -0.493 e. The molecule has 0 aliphatic rings. The van der Waals surface area contributed by atoms with E-state index in [1.54, 1.807) is 14.2 Å². The van der Waals surface area contributed by atoms with E-state index in [2.05, 4.69) is 41.4 Å². The molecule has 7 heteroatoms. The Morgan fingerprint density at radius 2 is 2.00 bits per heavy atom. The molecule has 0 saturated heterocycles. The number of anilines is 1. The van der Waals surface area contributed by atoms with E-state index >= 15 is 0 Å². The molecule has 0 radical (unpaired) electrons. The maximum absolute atomic E-state index is 5.59. The van der Waals surface area contributed by atoms with Crippen LogP contribution in [-0.2, 0) is 0 Å². The topological polar surface area (TPSA) is 58.1 Å². The minimum atomic E-state index is 0. The molecule has 6 nitrogen and oxygen atoms in total. The maximum atomic E-state index is 5.59. The lowest BCUT2D eigenvalue weighted by molar-refractivity contribution is 0.278. The number of hydrogen-bond acceptors (Lipinski definition) is 4. The largest absolute Gasteiger partial charge is 0.493 e. The molecule has 0 amide bonds. The molecule has 0 aliphatic heterocycles. The van der Waals surface area contributed by atoms with Crippen LogP contribution in [0, 0.1) is 0 Å². The van der Waals surface area contributed by atoms with Crippen LogP contribution in [0.25, 0.3) is 0 Å². The summed E-state index contributed by atoms with van der Waals surface area (Å²) >= 11 is 0. The summed E-state index contributed by atoms with van der Waals surface area (Å²) in [6.45, 7) is 8.67. The Labute approximate surface area is 163 Å². The number of likely N-dealkylation sites (N-methyl/N-ethyl adjacent to an activating group) is 1. The molecule has 0 aliphatic carbocycles. The van der Waals surface area contributed by atoms with Crippen molar-refractivity contribution in [2.24, 2.45) is 4.99 Å². The van der Waals surface area contributed by atoms with E-state index in [4.69, 9.17) is 9.47 Å². The Morgan fingerprint density at radius 1 is 1.29 bits per heavy atom. The number of halogens is 1. The van der Waals surface area contributed by atoms with Crippen molar-refractivity contribution in [2.75, 3.05) is 46.2 Å². The van der Waals surface area contributed by atoms with Gasteiger partial charge in [0.05, 0.1) is 13.7 Å². The number of guanidine groups is 1. The highest BCUT2D eigenvalue weighted by Crippen LogP contribution is 2.30. The van der Waals surface area contributed by atoms with Crippen LogP contribution in [0.5, 0.6) is 11.5 Å². The van der Waals surface area contributed by atoms with Crippen molar-refractivity contribution < 1.29 is 9.47 Å². The van der Waals surface area contributed by atoms with Crippen molar-refractivity contribution in [1.29, 1.82) is 0 Å². The summed E-state index contributed by atoms with van der Waals surface area (Å²) in [5.41, 5.74) is 0.902. The van der Waals surface area contributed by atoms with Gasteiger partial charge in [0.25, 0.3) is 0 Å². The molecule has 0 saturated carbocycles. The predicted molar refractivity (Wildman–Crippen MR) is 112 cm³/mol. The van der Waals surface area contributed by atoms with Gasteiger partial charge in [-0.25, -0.2) is 0 Å². The van der Waals surface area contributed by atoms with E-state index in [9.17, 15) is 0 Å². The summed E-state index contributed by atoms with van der Waals surface area (Å²) in [5, 5.41) is 6.58. The highest BCUT2D eigenvalue weighted by Gasteiger charge is 2.07. The second kappa shape index (κ2) is 12.2. The summed E-state index contributed by atoms with van der Waals surface area (Å²) in [6, 6.07) is 6.26. The molecule has 1 aromatic rings. The molecule has 0 fully saturated rings. The monoisotopic (exact) mass is 450 g/mol. The van der Waals surface area contributed by atoms with Crippen LogP contribution in [0.3, 0.4) is 0 Å². The fraction of sp³-hybridized carbons (Fsp3) is 0.588. The first kappa shape index (κ1) is 22.8. The van der Waals surface area contributed by atoms with Crippen LogP contribution < -0.4 is 20.1 Å². The smallest absolute Gasteiger partial charge is 0.195 e. The third-order valence-electron chi connectivity index (χ3n) is 3.59. The number of benzene rings is 1. The number of methoxy groups -OCH3 is 1. The lowest BCUT2D eigenvalue weighted by atomic mass is 10.2. The molecule has 1 aromatic carbocycles. The van der Waals surface area contributed by atoms with Gasteiger partial charge in [-0.3, -0.25) is 4.99 Å². The molecular weight excluding hydrogens is 419 g/mol. The predicted octanol–water partition coefficient (Wildman–Crippen LogP) is 3.04. The first-order valence-corrected chi connectivity index (χ1v) is 8.00. The second-order valence-electron chi connectivity index (χ2n) is 5.50. The highest BCUT2D eigenvalue weighted by atomic mass is 127. The average Bonchev–Trinajstić information content (AvgIpc) is 2.54. The first-order valence-electron chi connectivity index (χ1n) is 8.00. The van der Waals surface area contributed by atoms with Crippen molar-refractivity contribution in [1.82, 2.24) is 10.2 Å². The van der Waals surface area contributed by atoms with Crippen LogP contribution >= 0.6 is 24.0 Å². The molecule has 24 heavy (non-hydrogen) atoms. The van der Waals surface area contributed by atoms with Crippen LogP contribution in [0.2, 0.25) is 0 Å². The molecular formula is C17H31IN4O2. The minimum absolute atomic E-state index is 0. The SMILES string of the molecule is CCOc1cc(NC(=NC)NCCN(C)C(C)C)ccc1OC.I. The van der Waals surface area contributed by atoms with Crippen molar-refractivity contribution in [3.05, 3.63) is 18.2 Å². The summed E-state index contributed by atoms with van der Waals surface area (Å²) in [4.78, 5) is 6.53. The van der Waals surface area contributed by atoms with E-state index in [-0.39, 0.29) is 24.0 Å². The van der Waals surface area contributed by atoms with Crippen molar-refractivity contribution >= 4 is 35.6 Å². The number of ether oxygens (including phenoxy) is 2. The molecule has 1 rings (SSSR count). The van der Waals surface area contributed by atoms with Crippen molar-refractivity contribution in [3.63, 3.8) is 0 Å². The lowest BCUT2D eigenvalue weighted by Gasteiger charge is -2.21. The fourth-order valence-corrected chi connectivity index (χ4v) is 1.95. The van der Waals surface area contributed by atoms with Gasteiger partial charge in [0.15, 0.2) is 17.5 Å². The Bertz CT molecular complexity index is 509. The van der Waals surface area contributed by atoms with Gasteiger partial charge >= 0.3 is 0 Å². The molecule has 0 atom stereocenters. The van der Waals surface area contributed by atoms with Crippen molar-refractivity contribution in [2.45, 2.75) is 26.8 Å². The van der Waals surface area contributed by atoms with E-state index in [1.807, 2.05) is 25.1 Å². The summed E-state index contributed by atoms with van der Waals surface area (Å²) in [7, 11) is 5.51. The average molecular weight is 450 g/mol. The Balaban J connectivity index is 0.00000529. The van der Waals surface area contributed by atoms with E-state index in [0.717, 1.165) is 36.2 Å². The summed E-state index contributed by atoms with van der Waals surface area (Å²) < 4.78 is 10.9. The second-order valence-corrected chi connectivity index (χ2v) is 5.50. The van der Waals surface area contributed by atoms with Gasteiger partial charge in [0.1, 0.15) is 0 Å². The molecule has 0 aromatic heterocycles.